The molecule has 0 aliphatic carbocycles. The number of aliphatic hydroxyl groups excluding tert-OH is 2. The highest BCUT2D eigenvalue weighted by Crippen LogP contribution is 2.29. The first-order valence-corrected chi connectivity index (χ1v) is 10.1. The van der Waals surface area contributed by atoms with Crippen molar-refractivity contribution in [2.45, 2.75) is 18.2 Å². The topological polar surface area (TPSA) is 129 Å². The summed E-state index contributed by atoms with van der Waals surface area (Å²) in [6, 6.07) is 11.7. The number of azo groups is 1. The third-order valence-corrected chi connectivity index (χ3v) is 4.94. The van der Waals surface area contributed by atoms with Crippen LogP contribution in [0.1, 0.15) is 12.5 Å². The van der Waals surface area contributed by atoms with Crippen LogP contribution in [0.15, 0.2) is 57.6 Å². The van der Waals surface area contributed by atoms with Gasteiger partial charge in [0.05, 0.1) is 18.9 Å². The number of nitrogens with two attached hydrogens (primary N) is 1. The Bertz CT molecular complexity index is 894. The van der Waals surface area contributed by atoms with Crippen molar-refractivity contribution >= 4 is 27.1 Å². The lowest BCUT2D eigenvalue weighted by atomic mass is 10.1. The van der Waals surface area contributed by atoms with Crippen molar-refractivity contribution in [2.75, 3.05) is 31.2 Å². The first kappa shape index (κ1) is 21.0. The number of primary sulfonamides is 1. The van der Waals surface area contributed by atoms with Crippen LogP contribution in [0.25, 0.3) is 0 Å². The van der Waals surface area contributed by atoms with Crippen LogP contribution in [0.2, 0.25) is 0 Å². The van der Waals surface area contributed by atoms with Gasteiger partial charge in [0.25, 0.3) is 0 Å². The van der Waals surface area contributed by atoms with Crippen LogP contribution in [0.5, 0.6) is 0 Å². The minimum Gasteiger partial charge on any atom is -0.395 e. The van der Waals surface area contributed by atoms with Crippen LogP contribution in [0, 0.1) is 0 Å². The van der Waals surface area contributed by atoms with Crippen LogP contribution >= 0.6 is 0 Å². The zero-order valence-electron chi connectivity index (χ0n) is 15.1. The fraction of sp³-hybridized carbons (Fsp3) is 0.333. The van der Waals surface area contributed by atoms with E-state index in [0.717, 1.165) is 11.3 Å². The summed E-state index contributed by atoms with van der Waals surface area (Å²) in [7, 11) is -3.89. The molecule has 8 nitrogen and oxygen atoms in total. The van der Waals surface area contributed by atoms with Crippen LogP contribution in [-0.4, -0.2) is 44.9 Å². The van der Waals surface area contributed by atoms with Gasteiger partial charge in [-0.1, -0.05) is 19.1 Å². The molecule has 0 atom stereocenters. The van der Waals surface area contributed by atoms with Crippen LogP contribution in [0.3, 0.4) is 0 Å². The number of aliphatic hydroxyl groups is 2. The van der Waals surface area contributed by atoms with Gasteiger partial charge in [-0.25, -0.2) is 13.6 Å². The minimum atomic E-state index is -3.89. The van der Waals surface area contributed by atoms with Crippen LogP contribution < -0.4 is 10.0 Å². The molecule has 146 valence electrons. The van der Waals surface area contributed by atoms with Gasteiger partial charge in [-0.3, -0.25) is 0 Å². The number of anilines is 1. The molecule has 0 saturated carbocycles. The van der Waals surface area contributed by atoms with Gasteiger partial charge in [0.2, 0.25) is 10.0 Å². The zero-order chi connectivity index (χ0) is 19.9. The first-order chi connectivity index (χ1) is 12.9. The molecule has 4 N–H and O–H groups in total. The molecule has 27 heavy (non-hydrogen) atoms. The Morgan fingerprint density at radius 1 is 1.00 bits per heavy atom. The molecule has 0 radical (unpaired) electrons. The highest BCUT2D eigenvalue weighted by Gasteiger charge is 2.13. The van der Waals surface area contributed by atoms with E-state index in [9.17, 15) is 18.6 Å². The lowest BCUT2D eigenvalue weighted by molar-refractivity contribution is 0.281. The van der Waals surface area contributed by atoms with Crippen molar-refractivity contribution in [1.29, 1.82) is 0 Å². The van der Waals surface area contributed by atoms with E-state index in [2.05, 4.69) is 10.2 Å². The van der Waals surface area contributed by atoms with Crippen molar-refractivity contribution < 1.29 is 18.6 Å². The Labute approximate surface area is 159 Å². The average Bonchev–Trinajstić information content (AvgIpc) is 2.65. The van der Waals surface area contributed by atoms with E-state index in [0.29, 0.717) is 25.2 Å². The summed E-state index contributed by atoms with van der Waals surface area (Å²) in [4.78, 5) is 1.79. The molecule has 2 rings (SSSR count). The second-order valence-corrected chi connectivity index (χ2v) is 7.34. The van der Waals surface area contributed by atoms with E-state index < -0.39 is 10.0 Å². The predicted molar refractivity (Wildman–Crippen MR) is 104 cm³/mol. The lowest BCUT2D eigenvalue weighted by Crippen LogP contribution is -2.29. The maximum absolute atomic E-state index is 11.7. The van der Waals surface area contributed by atoms with Gasteiger partial charge in [0.1, 0.15) is 10.6 Å². The Hall–Kier alpha value is -2.33. The summed E-state index contributed by atoms with van der Waals surface area (Å²) in [5.41, 5.74) is 2.55. The van der Waals surface area contributed by atoms with E-state index in [1.165, 1.54) is 12.1 Å². The summed E-state index contributed by atoms with van der Waals surface area (Å²) in [6.07, 6.45) is 0.686. The molecule has 0 aromatic heterocycles. The molecular formula is C18H24N4O4S. The van der Waals surface area contributed by atoms with Gasteiger partial charge >= 0.3 is 0 Å². The van der Waals surface area contributed by atoms with Gasteiger partial charge in [-0.05, 0) is 42.3 Å². The summed E-state index contributed by atoms with van der Waals surface area (Å²) in [5, 5.41) is 31.9. The standard InChI is InChI=1S/C18H24N4O4S/c1-2-14-13-15(22(9-11-23)10-12-24)7-8-16(14)20-21-17-5-3-4-6-18(17)27(19,25)26/h3-8,13,23-24H,2,9-12H2,1H3,(H2,19,25,26). The van der Waals surface area contributed by atoms with Crippen molar-refractivity contribution in [3.63, 3.8) is 0 Å². The van der Waals surface area contributed by atoms with Crippen molar-refractivity contribution in [1.82, 2.24) is 0 Å². The minimum absolute atomic E-state index is 0.0206. The third-order valence-electron chi connectivity index (χ3n) is 3.99. The highest BCUT2D eigenvalue weighted by atomic mass is 32.2. The average molecular weight is 392 g/mol. The number of hydrogen-bond acceptors (Lipinski definition) is 7. The summed E-state index contributed by atoms with van der Waals surface area (Å²) < 4.78 is 23.3. The molecule has 0 saturated heterocycles. The molecule has 2 aromatic rings. The third kappa shape index (κ3) is 5.57. The summed E-state index contributed by atoms with van der Waals surface area (Å²) in [5.74, 6) is 0. The fourth-order valence-electron chi connectivity index (χ4n) is 2.65. The number of hydrogen-bond donors (Lipinski definition) is 3. The zero-order valence-corrected chi connectivity index (χ0v) is 15.9. The molecular weight excluding hydrogens is 368 g/mol. The maximum Gasteiger partial charge on any atom is 0.240 e. The molecule has 0 amide bonds. The Morgan fingerprint density at radius 2 is 1.63 bits per heavy atom. The van der Waals surface area contributed by atoms with Crippen molar-refractivity contribution in [3.05, 3.63) is 48.0 Å². The number of aryl methyl sites for hydroxylation is 1. The lowest BCUT2D eigenvalue weighted by Gasteiger charge is -2.23. The Kier molecular flexibility index (Phi) is 7.43. The predicted octanol–water partition coefficient (Wildman–Crippen LogP) is 2.10. The van der Waals surface area contributed by atoms with Gasteiger partial charge in [0, 0.05) is 18.8 Å². The molecule has 0 bridgehead atoms. The number of benzene rings is 2. The van der Waals surface area contributed by atoms with E-state index in [4.69, 9.17) is 5.14 Å². The highest BCUT2D eigenvalue weighted by molar-refractivity contribution is 7.89. The molecule has 0 unspecified atom stereocenters. The van der Waals surface area contributed by atoms with Gasteiger partial charge in [0.15, 0.2) is 0 Å². The normalized spacial score (nSPS) is 11.9. The van der Waals surface area contributed by atoms with Crippen molar-refractivity contribution in [3.8, 4) is 0 Å². The SMILES string of the molecule is CCc1cc(N(CCO)CCO)ccc1N=Nc1ccccc1S(N)(=O)=O. The van der Waals surface area contributed by atoms with E-state index >= 15 is 0 Å². The molecule has 2 aromatic carbocycles. The fourth-order valence-corrected chi connectivity index (χ4v) is 3.32. The molecule has 0 fully saturated rings. The van der Waals surface area contributed by atoms with Gasteiger partial charge in [-0.15, -0.1) is 5.11 Å². The molecule has 0 spiro atoms. The molecule has 9 heteroatoms. The van der Waals surface area contributed by atoms with Gasteiger partial charge in [-0.2, -0.15) is 5.11 Å². The Balaban J connectivity index is 2.36. The second kappa shape index (κ2) is 9.56. The van der Waals surface area contributed by atoms with Crippen molar-refractivity contribution in [2.24, 2.45) is 15.4 Å². The second-order valence-electron chi connectivity index (χ2n) is 5.81. The Morgan fingerprint density at radius 3 is 2.22 bits per heavy atom. The van der Waals surface area contributed by atoms with Crippen LogP contribution in [0.4, 0.5) is 17.1 Å². The molecule has 0 aliphatic heterocycles. The van der Waals surface area contributed by atoms with Crippen LogP contribution in [-0.2, 0) is 16.4 Å². The number of rotatable bonds is 9. The monoisotopic (exact) mass is 392 g/mol. The van der Waals surface area contributed by atoms with Gasteiger partial charge < -0.3 is 15.1 Å². The quantitative estimate of drug-likeness (QED) is 0.563. The number of nitrogens with zero attached hydrogens (tertiary/aromatic N) is 3. The first-order valence-electron chi connectivity index (χ1n) is 8.53. The number of sulfonamides is 1. The van der Waals surface area contributed by atoms with E-state index in [1.807, 2.05) is 24.0 Å². The summed E-state index contributed by atoms with van der Waals surface area (Å²) >= 11 is 0. The largest absolute Gasteiger partial charge is 0.395 e. The summed E-state index contributed by atoms with van der Waals surface area (Å²) in [6.45, 7) is 2.75. The molecule has 0 aliphatic rings. The molecule has 0 heterocycles. The smallest absolute Gasteiger partial charge is 0.240 e. The van der Waals surface area contributed by atoms with E-state index in [1.54, 1.807) is 18.2 Å². The maximum atomic E-state index is 11.7. The van der Waals surface area contributed by atoms with E-state index in [-0.39, 0.29) is 23.8 Å².